The van der Waals surface area contributed by atoms with Crippen molar-refractivity contribution in [1.82, 2.24) is 4.90 Å². The standard InChI is InChI=1S/C15H13ClN2O2/c16-11-2-4-13(14(19)6-11)15(20)18-7-9-1-3-12(17)5-10(9)8-18/h1-6,19H,7-8,17H2. The van der Waals surface area contributed by atoms with E-state index in [-0.39, 0.29) is 17.2 Å². The van der Waals surface area contributed by atoms with Crippen LogP contribution in [0.1, 0.15) is 21.5 Å². The van der Waals surface area contributed by atoms with E-state index in [0.717, 1.165) is 11.1 Å². The molecule has 2 aromatic rings. The van der Waals surface area contributed by atoms with Crippen molar-refractivity contribution in [2.75, 3.05) is 5.73 Å². The first-order valence-electron chi connectivity index (χ1n) is 6.19. The van der Waals surface area contributed by atoms with Crippen molar-refractivity contribution < 1.29 is 9.90 Å². The Kier molecular flexibility index (Phi) is 3.03. The third kappa shape index (κ3) is 2.18. The molecule has 0 radical (unpaired) electrons. The quantitative estimate of drug-likeness (QED) is 0.793. The van der Waals surface area contributed by atoms with E-state index >= 15 is 0 Å². The normalized spacial score (nSPS) is 13.3. The van der Waals surface area contributed by atoms with Gasteiger partial charge in [0.25, 0.3) is 5.91 Å². The van der Waals surface area contributed by atoms with Gasteiger partial charge in [-0.3, -0.25) is 4.79 Å². The lowest BCUT2D eigenvalue weighted by atomic mass is 10.1. The van der Waals surface area contributed by atoms with Crippen LogP contribution in [0.15, 0.2) is 36.4 Å². The molecule has 1 aliphatic rings. The van der Waals surface area contributed by atoms with Gasteiger partial charge in [0.05, 0.1) is 5.56 Å². The molecule has 0 aliphatic carbocycles. The molecule has 5 heteroatoms. The number of hydrogen-bond acceptors (Lipinski definition) is 3. The van der Waals surface area contributed by atoms with Crippen LogP contribution in [0.4, 0.5) is 5.69 Å². The van der Waals surface area contributed by atoms with Gasteiger partial charge in [-0.1, -0.05) is 17.7 Å². The predicted molar refractivity (Wildman–Crippen MR) is 77.5 cm³/mol. The number of aromatic hydroxyl groups is 1. The van der Waals surface area contributed by atoms with E-state index in [0.29, 0.717) is 23.8 Å². The number of amides is 1. The number of anilines is 1. The van der Waals surface area contributed by atoms with Crippen molar-refractivity contribution in [3.8, 4) is 5.75 Å². The zero-order valence-corrected chi connectivity index (χ0v) is 11.4. The molecule has 0 atom stereocenters. The Morgan fingerprint density at radius 2 is 1.90 bits per heavy atom. The Labute approximate surface area is 121 Å². The maximum absolute atomic E-state index is 12.4. The van der Waals surface area contributed by atoms with Gasteiger partial charge < -0.3 is 15.7 Å². The fourth-order valence-electron chi connectivity index (χ4n) is 2.41. The van der Waals surface area contributed by atoms with Gasteiger partial charge >= 0.3 is 0 Å². The van der Waals surface area contributed by atoms with Crippen LogP contribution in [-0.4, -0.2) is 15.9 Å². The number of benzene rings is 2. The van der Waals surface area contributed by atoms with Crippen LogP contribution in [0.3, 0.4) is 0 Å². The summed E-state index contributed by atoms with van der Waals surface area (Å²) in [6.07, 6.45) is 0. The van der Waals surface area contributed by atoms with E-state index in [2.05, 4.69) is 0 Å². The van der Waals surface area contributed by atoms with Gasteiger partial charge in [0, 0.05) is 23.8 Å². The van der Waals surface area contributed by atoms with Crippen molar-refractivity contribution in [2.24, 2.45) is 0 Å². The molecular weight excluding hydrogens is 276 g/mol. The number of phenolic OH excluding ortho intramolecular Hbond substituents is 1. The lowest BCUT2D eigenvalue weighted by molar-refractivity contribution is 0.0748. The fourth-order valence-corrected chi connectivity index (χ4v) is 2.58. The number of nitrogens with two attached hydrogens (primary N) is 1. The molecular formula is C15H13ClN2O2. The number of rotatable bonds is 1. The minimum absolute atomic E-state index is 0.0991. The highest BCUT2D eigenvalue weighted by Gasteiger charge is 2.25. The van der Waals surface area contributed by atoms with Gasteiger partial charge in [-0.25, -0.2) is 0 Å². The summed E-state index contributed by atoms with van der Waals surface area (Å²) in [6.45, 7) is 1.03. The van der Waals surface area contributed by atoms with Gasteiger partial charge in [0.2, 0.25) is 0 Å². The van der Waals surface area contributed by atoms with Gasteiger partial charge in [-0.05, 0) is 41.5 Å². The molecule has 20 heavy (non-hydrogen) atoms. The summed E-state index contributed by atoms with van der Waals surface area (Å²) < 4.78 is 0. The molecule has 3 rings (SSSR count). The van der Waals surface area contributed by atoms with Gasteiger partial charge in [-0.15, -0.1) is 0 Å². The summed E-state index contributed by atoms with van der Waals surface area (Å²) in [5.41, 5.74) is 8.83. The van der Waals surface area contributed by atoms with Crippen molar-refractivity contribution in [3.05, 3.63) is 58.1 Å². The number of carbonyl (C=O) groups is 1. The Balaban J connectivity index is 1.87. The van der Waals surface area contributed by atoms with E-state index in [9.17, 15) is 9.90 Å². The molecule has 102 valence electrons. The van der Waals surface area contributed by atoms with Crippen molar-refractivity contribution in [2.45, 2.75) is 13.1 Å². The topological polar surface area (TPSA) is 66.6 Å². The third-order valence-electron chi connectivity index (χ3n) is 3.43. The minimum Gasteiger partial charge on any atom is -0.507 e. The first-order valence-corrected chi connectivity index (χ1v) is 6.57. The molecule has 0 bridgehead atoms. The number of hydrogen-bond donors (Lipinski definition) is 2. The van der Waals surface area contributed by atoms with Crippen LogP contribution >= 0.6 is 11.6 Å². The smallest absolute Gasteiger partial charge is 0.258 e. The first kappa shape index (κ1) is 12.8. The summed E-state index contributed by atoms with van der Waals surface area (Å²) in [5.74, 6) is -0.313. The second-order valence-electron chi connectivity index (χ2n) is 4.85. The highest BCUT2D eigenvalue weighted by atomic mass is 35.5. The third-order valence-corrected chi connectivity index (χ3v) is 3.67. The van der Waals surface area contributed by atoms with E-state index < -0.39 is 0 Å². The Hall–Kier alpha value is -2.20. The SMILES string of the molecule is Nc1ccc2c(c1)CN(C(=O)c1ccc(Cl)cc1O)C2. The Morgan fingerprint density at radius 1 is 1.15 bits per heavy atom. The molecule has 0 spiro atoms. The lowest BCUT2D eigenvalue weighted by Gasteiger charge is -2.16. The second kappa shape index (κ2) is 4.72. The number of fused-ring (bicyclic) bond motifs is 1. The zero-order valence-electron chi connectivity index (χ0n) is 10.6. The van der Waals surface area contributed by atoms with Crippen LogP contribution in [0.2, 0.25) is 5.02 Å². The van der Waals surface area contributed by atoms with Gasteiger partial charge in [0.1, 0.15) is 5.75 Å². The maximum Gasteiger partial charge on any atom is 0.258 e. The molecule has 1 aliphatic heterocycles. The van der Waals surface area contributed by atoms with E-state index in [1.54, 1.807) is 11.0 Å². The second-order valence-corrected chi connectivity index (χ2v) is 5.29. The molecule has 0 saturated heterocycles. The number of halogens is 1. The molecule has 1 heterocycles. The molecule has 3 N–H and O–H groups in total. The first-order chi connectivity index (χ1) is 9.54. The van der Waals surface area contributed by atoms with Crippen molar-refractivity contribution in [1.29, 1.82) is 0 Å². The predicted octanol–water partition coefficient (Wildman–Crippen LogP) is 2.78. The summed E-state index contributed by atoms with van der Waals surface area (Å²) in [5, 5.41) is 10.2. The van der Waals surface area contributed by atoms with Crippen LogP contribution in [-0.2, 0) is 13.1 Å². The summed E-state index contributed by atoms with van der Waals surface area (Å²) >= 11 is 5.77. The van der Waals surface area contributed by atoms with Gasteiger partial charge in [-0.2, -0.15) is 0 Å². The number of carbonyl (C=O) groups excluding carboxylic acids is 1. The molecule has 0 unspecified atom stereocenters. The minimum atomic E-state index is -0.214. The van der Waals surface area contributed by atoms with Crippen LogP contribution in [0.5, 0.6) is 5.75 Å². The average Bonchev–Trinajstić information content (AvgIpc) is 2.81. The number of phenols is 1. The molecule has 0 aromatic heterocycles. The van der Waals surface area contributed by atoms with Gasteiger partial charge in [0.15, 0.2) is 0 Å². The molecule has 1 amide bonds. The van der Waals surface area contributed by atoms with Crippen molar-refractivity contribution in [3.63, 3.8) is 0 Å². The molecule has 4 nitrogen and oxygen atoms in total. The Morgan fingerprint density at radius 3 is 2.65 bits per heavy atom. The Bertz CT molecular complexity index is 700. The van der Waals surface area contributed by atoms with Crippen LogP contribution < -0.4 is 5.73 Å². The summed E-state index contributed by atoms with van der Waals surface area (Å²) in [4.78, 5) is 14.1. The number of nitrogen functional groups attached to an aromatic ring is 1. The van der Waals surface area contributed by atoms with Crippen molar-refractivity contribution >= 4 is 23.2 Å². The van der Waals surface area contributed by atoms with E-state index in [1.165, 1.54) is 12.1 Å². The summed E-state index contributed by atoms with van der Waals surface area (Å²) in [6, 6.07) is 10.1. The number of nitrogens with zero attached hydrogens (tertiary/aromatic N) is 1. The molecule has 2 aromatic carbocycles. The molecule has 0 saturated carbocycles. The highest BCUT2D eigenvalue weighted by molar-refractivity contribution is 6.30. The average molecular weight is 289 g/mol. The zero-order chi connectivity index (χ0) is 14.3. The molecule has 0 fully saturated rings. The van der Waals surface area contributed by atoms with E-state index in [1.807, 2.05) is 18.2 Å². The maximum atomic E-state index is 12.4. The lowest BCUT2D eigenvalue weighted by Crippen LogP contribution is -2.25. The van der Waals surface area contributed by atoms with Crippen LogP contribution in [0, 0.1) is 0 Å². The monoisotopic (exact) mass is 288 g/mol. The fraction of sp³-hybridized carbons (Fsp3) is 0.133. The highest BCUT2D eigenvalue weighted by Crippen LogP contribution is 2.29. The summed E-state index contributed by atoms with van der Waals surface area (Å²) in [7, 11) is 0. The van der Waals surface area contributed by atoms with E-state index in [4.69, 9.17) is 17.3 Å². The van der Waals surface area contributed by atoms with Crippen LogP contribution in [0.25, 0.3) is 0 Å². The largest absolute Gasteiger partial charge is 0.507 e.